The Morgan fingerprint density at radius 3 is 1.76 bits per heavy atom. The molecule has 5 radical (unpaired) electrons. The molecule has 0 spiro atoms. The zero-order valence-electron chi connectivity index (χ0n) is 11.9. The smallest absolute Gasteiger partial charge is 0.784 e. The summed E-state index contributed by atoms with van der Waals surface area (Å²) in [4.78, 5) is 1.13. The molecule has 0 heterocycles. The van der Waals surface area contributed by atoms with Crippen LogP contribution in [0.1, 0.15) is 19.4 Å². The summed E-state index contributed by atoms with van der Waals surface area (Å²) < 4.78 is 0. The van der Waals surface area contributed by atoms with Gasteiger partial charge < -0.3 is 25.3 Å². The number of nitrogens with zero attached hydrogens (tertiary/aromatic N) is 1. The Labute approximate surface area is 150 Å². The van der Waals surface area contributed by atoms with Crippen molar-refractivity contribution in [3.05, 3.63) is 72.9 Å². The van der Waals surface area contributed by atoms with E-state index in [4.69, 9.17) is 30.5 Å². The van der Waals surface area contributed by atoms with Gasteiger partial charge in [0.15, 0.2) is 0 Å². The van der Waals surface area contributed by atoms with E-state index < -0.39 is 5.41 Å². The summed E-state index contributed by atoms with van der Waals surface area (Å²) in [5.41, 5.74) is 0.225. The summed E-state index contributed by atoms with van der Waals surface area (Å²) in [5.74, 6) is 0. The molecule has 2 rings (SSSR count). The second kappa shape index (κ2) is 10.2. The van der Waals surface area contributed by atoms with Crippen LogP contribution < -0.4 is 0 Å². The Hall–Kier alpha value is -0.604. The van der Waals surface area contributed by atoms with Gasteiger partial charge in [0.05, 0.1) is 11.5 Å². The monoisotopic (exact) mass is 357 g/mol. The van der Waals surface area contributed by atoms with Crippen LogP contribution in [0.25, 0.3) is 4.91 Å². The first-order valence-corrected chi connectivity index (χ1v) is 7.03. The minimum absolute atomic E-state index is 0. The first kappa shape index (κ1) is 20.4. The molecule has 4 heteroatoms. The molecule has 0 aromatic heterocycles. The van der Waals surface area contributed by atoms with E-state index in [9.17, 15) is 0 Å². The topological polar surface area (TPSA) is 23.8 Å². The second-order valence-corrected chi connectivity index (χ2v) is 5.54. The van der Waals surface area contributed by atoms with Gasteiger partial charge in [-0.2, -0.15) is 15.1 Å². The van der Waals surface area contributed by atoms with E-state index in [2.05, 4.69) is 6.07 Å². The van der Waals surface area contributed by atoms with Crippen LogP contribution in [0.5, 0.6) is 0 Å². The molecule has 1 aromatic carbocycles. The Morgan fingerprint density at radius 2 is 1.38 bits per heavy atom. The van der Waals surface area contributed by atoms with E-state index >= 15 is 0 Å². The predicted octanol–water partition coefficient (Wildman–Crippen LogP) is 4.02. The van der Waals surface area contributed by atoms with E-state index in [0.717, 1.165) is 5.56 Å². The van der Waals surface area contributed by atoms with E-state index in [1.807, 2.05) is 62.4 Å². The summed E-state index contributed by atoms with van der Waals surface area (Å²) >= 11 is 10.5. The van der Waals surface area contributed by atoms with E-state index in [-0.39, 0.29) is 16.8 Å². The van der Waals surface area contributed by atoms with Crippen molar-refractivity contribution in [2.75, 3.05) is 0 Å². The third kappa shape index (κ3) is 6.79. The molecule has 1 aromatic rings. The number of hydrogen-bond acceptors (Lipinski definition) is 3. The van der Waals surface area contributed by atoms with Crippen LogP contribution >= 0.6 is 0 Å². The van der Waals surface area contributed by atoms with Crippen molar-refractivity contribution < 1.29 is 16.8 Å². The van der Waals surface area contributed by atoms with Gasteiger partial charge in [-0.3, -0.25) is 0 Å². The average molecular weight is 357 g/mol. The van der Waals surface area contributed by atoms with Gasteiger partial charge in [0.2, 0.25) is 0 Å². The maximum Gasteiger partial charge on any atom is 3.00 e. The number of rotatable bonds is 2. The van der Waals surface area contributed by atoms with E-state index in [1.54, 1.807) is 13.8 Å². The second-order valence-electron chi connectivity index (χ2n) is 4.72. The summed E-state index contributed by atoms with van der Waals surface area (Å²) in [5, 5.41) is 8.96. The number of benzene rings is 1. The summed E-state index contributed by atoms with van der Waals surface area (Å²) in [6.07, 6.45) is 10.0. The molecule has 1 nitrogen and oxygen atoms in total. The Balaban J connectivity index is 0.000000562. The zero-order valence-corrected chi connectivity index (χ0v) is 14.5. The molecule has 1 aliphatic rings. The van der Waals surface area contributed by atoms with Gasteiger partial charge in [-0.1, -0.05) is 30.3 Å². The van der Waals surface area contributed by atoms with Crippen LogP contribution in [0.3, 0.4) is 0 Å². The zero-order chi connectivity index (χ0) is 15.0. The van der Waals surface area contributed by atoms with Gasteiger partial charge in [0, 0.05) is 0 Å². The minimum Gasteiger partial charge on any atom is -0.784 e. The molecule has 21 heavy (non-hydrogen) atoms. The van der Waals surface area contributed by atoms with Crippen LogP contribution in [-0.2, 0) is 42.0 Å². The first-order valence-electron chi connectivity index (χ1n) is 6.21. The molecule has 0 aliphatic heterocycles. The van der Waals surface area contributed by atoms with Crippen LogP contribution in [0.2, 0.25) is 0 Å². The molecule has 0 unspecified atom stereocenters. The standard InChI is InChI=1S/C12H13NS2.C5H5.Co/c1-12(2,8-13)11(15)10(14)9-6-4-3-5-7-9;1-2-4-5-3-1;/h3-7,14-15H,1-2H3;1-5H;/q;;+3/p-2/b11-10-;;. The maximum atomic E-state index is 8.96. The van der Waals surface area contributed by atoms with Crippen molar-refractivity contribution >= 4 is 30.2 Å². The molecule has 0 atom stereocenters. The van der Waals surface area contributed by atoms with E-state index in [1.165, 1.54) is 0 Å². The van der Waals surface area contributed by atoms with Gasteiger partial charge in [-0.05, 0) is 51.5 Å². The number of allylic oxidation sites excluding steroid dienone is 1. The Bertz CT molecular complexity index is 478. The van der Waals surface area contributed by atoms with E-state index in [0.29, 0.717) is 9.81 Å². The minimum atomic E-state index is -0.678. The van der Waals surface area contributed by atoms with Crippen molar-refractivity contribution in [3.63, 3.8) is 0 Å². The maximum absolute atomic E-state index is 8.96. The molecule has 1 aliphatic carbocycles. The quantitative estimate of drug-likeness (QED) is 0.747. The largest absolute Gasteiger partial charge is 3.00 e. The number of nitriles is 1. The summed E-state index contributed by atoms with van der Waals surface area (Å²) in [6.45, 7) is 3.56. The third-order valence-electron chi connectivity index (χ3n) is 2.64. The fourth-order valence-electron chi connectivity index (χ4n) is 1.38. The Morgan fingerprint density at radius 1 is 0.952 bits per heavy atom. The fourth-order valence-corrected chi connectivity index (χ4v) is 1.93. The molecule has 0 N–H and O–H groups in total. The summed E-state index contributed by atoms with van der Waals surface area (Å²) in [7, 11) is 0. The van der Waals surface area contributed by atoms with Crippen LogP contribution in [0.15, 0.2) is 35.2 Å². The van der Waals surface area contributed by atoms with Crippen molar-refractivity contribution in [2.24, 2.45) is 5.41 Å². The van der Waals surface area contributed by atoms with Crippen molar-refractivity contribution in [3.8, 4) is 6.07 Å². The van der Waals surface area contributed by atoms with Gasteiger partial charge in [-0.15, -0.1) is 0 Å². The Kier molecular flexibility index (Phi) is 9.89. The predicted molar refractivity (Wildman–Crippen MR) is 89.0 cm³/mol. The summed E-state index contributed by atoms with van der Waals surface area (Å²) in [6, 6.07) is 11.7. The van der Waals surface area contributed by atoms with Gasteiger partial charge in [0.1, 0.15) is 0 Å². The van der Waals surface area contributed by atoms with Crippen LogP contribution in [0, 0.1) is 48.9 Å². The van der Waals surface area contributed by atoms with Crippen molar-refractivity contribution in [2.45, 2.75) is 13.8 Å². The van der Waals surface area contributed by atoms with Gasteiger partial charge >= 0.3 is 16.8 Å². The van der Waals surface area contributed by atoms with Crippen molar-refractivity contribution in [1.82, 2.24) is 0 Å². The van der Waals surface area contributed by atoms with Crippen LogP contribution in [-0.4, -0.2) is 0 Å². The van der Waals surface area contributed by atoms with Crippen molar-refractivity contribution in [1.29, 1.82) is 5.26 Å². The number of hydrogen-bond donors (Lipinski definition) is 0. The van der Waals surface area contributed by atoms with Gasteiger partial charge in [0.25, 0.3) is 0 Å². The average Bonchev–Trinajstić information content (AvgIpc) is 3.06. The molecule has 0 bridgehead atoms. The molecule has 109 valence electrons. The molecule has 0 saturated heterocycles. The molecular weight excluding hydrogens is 341 g/mol. The molecule has 0 amide bonds. The molecule has 1 fully saturated rings. The molecular formula is C17H16CoNS2+. The SMILES string of the molecule is CC(C)(C#N)/C([S-])=C(/[S-])c1ccccc1.[CH]1[CH][CH][CH][CH]1.[Co+3]. The normalized spacial score (nSPS) is 14.9. The first-order chi connectivity index (χ1) is 9.49. The van der Waals surface area contributed by atoms with Crippen LogP contribution in [0.4, 0.5) is 0 Å². The third-order valence-corrected chi connectivity index (χ3v) is 3.93. The van der Waals surface area contributed by atoms with Gasteiger partial charge in [-0.25, -0.2) is 0 Å². The molecule has 1 saturated carbocycles. The fraction of sp³-hybridized carbons (Fsp3) is 0.176.